The lowest BCUT2D eigenvalue weighted by Gasteiger charge is -2.12. The van der Waals surface area contributed by atoms with Gasteiger partial charge in [-0.25, -0.2) is 9.38 Å². The first-order chi connectivity index (χ1) is 11.3. The molecule has 23 heavy (non-hydrogen) atoms. The molecule has 2 N–H and O–H groups in total. The summed E-state index contributed by atoms with van der Waals surface area (Å²) in [6, 6.07) is 11.8. The molecule has 5 nitrogen and oxygen atoms in total. The second-order valence-electron chi connectivity index (χ2n) is 4.75. The fourth-order valence-corrected chi connectivity index (χ4v) is 1.89. The Kier molecular flexibility index (Phi) is 6.84. The van der Waals surface area contributed by atoms with Crippen LogP contribution in [-0.2, 0) is 6.54 Å². The van der Waals surface area contributed by atoms with Crippen molar-refractivity contribution >= 4 is 5.96 Å². The summed E-state index contributed by atoms with van der Waals surface area (Å²) < 4.78 is 18.5. The van der Waals surface area contributed by atoms with Crippen LogP contribution in [0.5, 0.6) is 5.75 Å². The van der Waals surface area contributed by atoms with Crippen LogP contribution in [-0.4, -0.2) is 30.6 Å². The standard InChI is InChI=1S/C17H21FN4O/c1-2-19-17(22-13-15-7-3-4-9-20-15)21-10-11-23-16-8-5-6-14(18)12-16/h3-9,12H,2,10-11,13H2,1H3,(H2,19,21,22). The lowest BCUT2D eigenvalue weighted by atomic mass is 10.3. The molecule has 2 aromatic rings. The zero-order chi connectivity index (χ0) is 16.3. The van der Waals surface area contributed by atoms with Crippen LogP contribution in [0.15, 0.2) is 53.7 Å². The molecule has 122 valence electrons. The minimum absolute atomic E-state index is 0.305. The molecule has 1 aromatic heterocycles. The topological polar surface area (TPSA) is 58.5 Å². The fourth-order valence-electron chi connectivity index (χ4n) is 1.89. The zero-order valence-electron chi connectivity index (χ0n) is 13.1. The highest BCUT2D eigenvalue weighted by Crippen LogP contribution is 2.11. The lowest BCUT2D eigenvalue weighted by Crippen LogP contribution is -2.39. The number of benzene rings is 1. The Hall–Kier alpha value is -2.63. The maximum atomic E-state index is 13.0. The Labute approximate surface area is 135 Å². The van der Waals surface area contributed by atoms with Gasteiger partial charge < -0.3 is 15.4 Å². The van der Waals surface area contributed by atoms with Gasteiger partial charge in [-0.1, -0.05) is 12.1 Å². The minimum Gasteiger partial charge on any atom is -0.492 e. The molecule has 1 aromatic carbocycles. The number of nitrogens with one attached hydrogen (secondary N) is 2. The summed E-state index contributed by atoms with van der Waals surface area (Å²) in [6.07, 6.45) is 1.75. The van der Waals surface area contributed by atoms with E-state index in [1.165, 1.54) is 12.1 Å². The number of aliphatic imine (C=N–C) groups is 1. The molecule has 0 radical (unpaired) electrons. The van der Waals surface area contributed by atoms with Gasteiger partial charge in [0.2, 0.25) is 0 Å². The van der Waals surface area contributed by atoms with E-state index in [2.05, 4.69) is 20.6 Å². The predicted octanol–water partition coefficient (Wildman–Crippen LogP) is 2.35. The summed E-state index contributed by atoms with van der Waals surface area (Å²) in [7, 11) is 0. The van der Waals surface area contributed by atoms with Gasteiger partial charge >= 0.3 is 0 Å². The van der Waals surface area contributed by atoms with Gasteiger partial charge in [-0.2, -0.15) is 0 Å². The summed E-state index contributed by atoms with van der Waals surface area (Å²) in [6.45, 7) is 4.24. The number of hydrogen-bond acceptors (Lipinski definition) is 3. The Morgan fingerprint density at radius 2 is 2.13 bits per heavy atom. The first-order valence-electron chi connectivity index (χ1n) is 7.58. The second-order valence-corrected chi connectivity index (χ2v) is 4.75. The molecule has 0 bridgehead atoms. The number of halogens is 1. The van der Waals surface area contributed by atoms with Gasteiger partial charge in [0.25, 0.3) is 0 Å². The van der Waals surface area contributed by atoms with Gasteiger partial charge in [-0.3, -0.25) is 4.98 Å². The maximum Gasteiger partial charge on any atom is 0.191 e. The number of guanidine groups is 1. The van der Waals surface area contributed by atoms with E-state index in [1.807, 2.05) is 25.1 Å². The van der Waals surface area contributed by atoms with E-state index in [0.29, 0.717) is 31.4 Å². The van der Waals surface area contributed by atoms with Crippen LogP contribution in [0.2, 0.25) is 0 Å². The number of rotatable bonds is 7. The lowest BCUT2D eigenvalue weighted by molar-refractivity contribution is 0.320. The molecule has 0 spiro atoms. The summed E-state index contributed by atoms with van der Waals surface area (Å²) in [4.78, 5) is 8.69. The Morgan fingerprint density at radius 1 is 1.22 bits per heavy atom. The largest absolute Gasteiger partial charge is 0.492 e. The van der Waals surface area contributed by atoms with Crippen molar-refractivity contribution in [2.24, 2.45) is 4.99 Å². The van der Waals surface area contributed by atoms with Crippen molar-refractivity contribution in [1.29, 1.82) is 0 Å². The Morgan fingerprint density at radius 3 is 2.87 bits per heavy atom. The molecular formula is C17H21FN4O. The number of ether oxygens (including phenoxy) is 1. The molecule has 1 heterocycles. The van der Waals surface area contributed by atoms with Crippen molar-refractivity contribution < 1.29 is 9.13 Å². The smallest absolute Gasteiger partial charge is 0.191 e. The number of aromatic nitrogens is 1. The molecule has 0 saturated carbocycles. The molecular weight excluding hydrogens is 295 g/mol. The SMILES string of the molecule is CCNC(=NCc1ccccn1)NCCOc1cccc(F)c1. The van der Waals surface area contributed by atoms with Crippen LogP contribution in [0, 0.1) is 5.82 Å². The minimum atomic E-state index is -0.305. The summed E-state index contributed by atoms with van der Waals surface area (Å²) in [5.74, 6) is 0.906. The highest BCUT2D eigenvalue weighted by molar-refractivity contribution is 5.79. The Bertz CT molecular complexity index is 619. The fraction of sp³-hybridized carbons (Fsp3) is 0.294. The van der Waals surface area contributed by atoms with Gasteiger partial charge in [-0.05, 0) is 31.2 Å². The number of pyridine rings is 1. The van der Waals surface area contributed by atoms with Gasteiger partial charge in [-0.15, -0.1) is 0 Å². The van der Waals surface area contributed by atoms with E-state index < -0.39 is 0 Å². The van der Waals surface area contributed by atoms with E-state index in [-0.39, 0.29) is 5.82 Å². The zero-order valence-corrected chi connectivity index (χ0v) is 13.1. The van der Waals surface area contributed by atoms with Crippen LogP contribution in [0.25, 0.3) is 0 Å². The van der Waals surface area contributed by atoms with Crippen LogP contribution < -0.4 is 15.4 Å². The van der Waals surface area contributed by atoms with Crippen LogP contribution in [0.3, 0.4) is 0 Å². The molecule has 0 amide bonds. The van der Waals surface area contributed by atoms with Crippen molar-refractivity contribution in [1.82, 2.24) is 15.6 Å². The average Bonchev–Trinajstić information content (AvgIpc) is 2.57. The van der Waals surface area contributed by atoms with E-state index in [1.54, 1.807) is 18.3 Å². The maximum absolute atomic E-state index is 13.0. The molecule has 0 saturated heterocycles. The van der Waals surface area contributed by atoms with Crippen LogP contribution >= 0.6 is 0 Å². The molecule has 0 fully saturated rings. The molecule has 6 heteroatoms. The third-order valence-electron chi connectivity index (χ3n) is 2.93. The van der Waals surface area contributed by atoms with E-state index in [9.17, 15) is 4.39 Å². The molecule has 0 atom stereocenters. The van der Waals surface area contributed by atoms with E-state index >= 15 is 0 Å². The quantitative estimate of drug-likeness (QED) is 0.468. The van der Waals surface area contributed by atoms with Gasteiger partial charge in [0.05, 0.1) is 18.8 Å². The molecule has 0 unspecified atom stereocenters. The normalized spacial score (nSPS) is 11.1. The van der Waals surface area contributed by atoms with E-state index in [4.69, 9.17) is 4.74 Å². The first-order valence-corrected chi connectivity index (χ1v) is 7.58. The third-order valence-corrected chi connectivity index (χ3v) is 2.93. The highest BCUT2D eigenvalue weighted by atomic mass is 19.1. The van der Waals surface area contributed by atoms with Gasteiger partial charge in [0.1, 0.15) is 18.2 Å². The number of nitrogens with zero attached hydrogens (tertiary/aromatic N) is 2. The van der Waals surface area contributed by atoms with Crippen molar-refractivity contribution in [2.45, 2.75) is 13.5 Å². The summed E-state index contributed by atoms with van der Waals surface area (Å²) >= 11 is 0. The van der Waals surface area contributed by atoms with Crippen molar-refractivity contribution in [3.8, 4) is 5.75 Å². The van der Waals surface area contributed by atoms with Crippen LogP contribution in [0.4, 0.5) is 4.39 Å². The predicted molar refractivity (Wildman–Crippen MR) is 89.0 cm³/mol. The van der Waals surface area contributed by atoms with Crippen molar-refractivity contribution in [3.63, 3.8) is 0 Å². The molecule has 2 rings (SSSR count). The van der Waals surface area contributed by atoms with Crippen molar-refractivity contribution in [2.75, 3.05) is 19.7 Å². The molecule has 0 aliphatic rings. The highest BCUT2D eigenvalue weighted by Gasteiger charge is 1.99. The average molecular weight is 316 g/mol. The molecule has 0 aliphatic carbocycles. The monoisotopic (exact) mass is 316 g/mol. The van der Waals surface area contributed by atoms with Crippen LogP contribution in [0.1, 0.15) is 12.6 Å². The first kappa shape index (κ1) is 16.7. The van der Waals surface area contributed by atoms with Gasteiger partial charge in [0, 0.05) is 18.8 Å². The van der Waals surface area contributed by atoms with Crippen molar-refractivity contribution in [3.05, 3.63) is 60.2 Å². The second kappa shape index (κ2) is 9.40. The summed E-state index contributed by atoms with van der Waals surface area (Å²) in [5.41, 5.74) is 0.903. The van der Waals surface area contributed by atoms with E-state index in [0.717, 1.165) is 12.2 Å². The molecule has 0 aliphatic heterocycles. The number of hydrogen-bond donors (Lipinski definition) is 2. The summed E-state index contributed by atoms with van der Waals surface area (Å²) in [5, 5.41) is 6.32. The Balaban J connectivity index is 1.78. The third kappa shape index (κ3) is 6.34. The van der Waals surface area contributed by atoms with Gasteiger partial charge in [0.15, 0.2) is 5.96 Å².